The van der Waals surface area contributed by atoms with E-state index in [9.17, 15) is 0 Å². The summed E-state index contributed by atoms with van der Waals surface area (Å²) in [6.45, 7) is 2.74. The molecule has 0 saturated heterocycles. The maximum atomic E-state index is 8.95. The SMILES string of the molecule is CCN(C)c1cc(B(O)O)cnc1Cl. The first-order chi connectivity index (χ1) is 6.56. The van der Waals surface area contributed by atoms with Crippen molar-refractivity contribution < 1.29 is 10.0 Å². The van der Waals surface area contributed by atoms with Gasteiger partial charge in [0, 0.05) is 25.3 Å². The molecule has 4 nitrogen and oxygen atoms in total. The Morgan fingerprint density at radius 2 is 2.21 bits per heavy atom. The Hall–Kier alpha value is -0.775. The van der Waals surface area contributed by atoms with E-state index in [1.165, 1.54) is 6.20 Å². The third-order valence-electron chi connectivity index (χ3n) is 2.03. The fourth-order valence-corrected chi connectivity index (χ4v) is 1.28. The standard InChI is InChI=1S/C8H12BClN2O2/c1-3-12(2)7-4-6(9(13)14)5-11-8(7)10/h4-5,13-14H,3H2,1-2H3. The van der Waals surface area contributed by atoms with Gasteiger partial charge >= 0.3 is 7.12 Å². The highest BCUT2D eigenvalue weighted by Gasteiger charge is 2.15. The van der Waals surface area contributed by atoms with E-state index in [-0.39, 0.29) is 0 Å². The minimum Gasteiger partial charge on any atom is -0.423 e. The number of halogens is 1. The van der Waals surface area contributed by atoms with Crippen LogP contribution in [0.2, 0.25) is 5.15 Å². The maximum Gasteiger partial charge on any atom is 0.490 e. The quantitative estimate of drug-likeness (QED) is 0.544. The van der Waals surface area contributed by atoms with Crippen molar-refractivity contribution in [3.8, 4) is 0 Å². The fraction of sp³-hybridized carbons (Fsp3) is 0.375. The summed E-state index contributed by atoms with van der Waals surface area (Å²) in [4.78, 5) is 5.75. The summed E-state index contributed by atoms with van der Waals surface area (Å²) in [6.07, 6.45) is 1.35. The van der Waals surface area contributed by atoms with Crippen LogP contribution in [0.5, 0.6) is 0 Å². The molecule has 0 fully saturated rings. The van der Waals surface area contributed by atoms with Crippen molar-refractivity contribution >= 4 is 29.9 Å². The molecular weight excluding hydrogens is 202 g/mol. The summed E-state index contributed by atoms with van der Waals surface area (Å²) in [5.74, 6) is 0. The molecule has 0 aliphatic rings. The second-order valence-corrected chi connectivity index (χ2v) is 3.32. The number of pyridine rings is 1. The van der Waals surface area contributed by atoms with Gasteiger partial charge in [0.1, 0.15) is 0 Å². The van der Waals surface area contributed by atoms with Crippen LogP contribution in [-0.4, -0.2) is 35.7 Å². The van der Waals surface area contributed by atoms with Crippen LogP contribution in [0.1, 0.15) is 6.92 Å². The third-order valence-corrected chi connectivity index (χ3v) is 2.32. The van der Waals surface area contributed by atoms with Gasteiger partial charge in [-0.25, -0.2) is 4.98 Å². The van der Waals surface area contributed by atoms with Gasteiger partial charge in [-0.15, -0.1) is 0 Å². The zero-order valence-electron chi connectivity index (χ0n) is 8.11. The van der Waals surface area contributed by atoms with Crippen molar-refractivity contribution in [2.45, 2.75) is 6.92 Å². The van der Waals surface area contributed by atoms with Crippen LogP contribution in [0.15, 0.2) is 12.3 Å². The summed E-state index contributed by atoms with van der Waals surface area (Å²) in [5, 5.41) is 18.3. The van der Waals surface area contributed by atoms with Crippen molar-refractivity contribution in [3.05, 3.63) is 17.4 Å². The average Bonchev–Trinajstić information content (AvgIpc) is 2.17. The molecule has 0 atom stereocenters. The molecule has 0 bridgehead atoms. The molecule has 6 heteroatoms. The van der Waals surface area contributed by atoms with Gasteiger partial charge in [-0.1, -0.05) is 11.6 Å². The van der Waals surface area contributed by atoms with Gasteiger partial charge in [-0.2, -0.15) is 0 Å². The number of hydrogen-bond donors (Lipinski definition) is 2. The Morgan fingerprint density at radius 3 is 2.71 bits per heavy atom. The Morgan fingerprint density at radius 1 is 1.57 bits per heavy atom. The Kier molecular flexibility index (Phi) is 3.74. The van der Waals surface area contributed by atoms with Crippen LogP contribution < -0.4 is 10.4 Å². The zero-order chi connectivity index (χ0) is 10.7. The zero-order valence-corrected chi connectivity index (χ0v) is 8.86. The van der Waals surface area contributed by atoms with E-state index in [0.29, 0.717) is 16.3 Å². The lowest BCUT2D eigenvalue weighted by atomic mass is 9.81. The number of nitrogens with zero attached hydrogens (tertiary/aromatic N) is 2. The molecule has 1 aromatic heterocycles. The van der Waals surface area contributed by atoms with E-state index in [1.807, 2.05) is 18.9 Å². The number of aromatic nitrogens is 1. The highest BCUT2D eigenvalue weighted by Crippen LogP contribution is 2.20. The van der Waals surface area contributed by atoms with Gasteiger partial charge in [0.25, 0.3) is 0 Å². The number of hydrogen-bond acceptors (Lipinski definition) is 4. The predicted molar refractivity (Wildman–Crippen MR) is 58.0 cm³/mol. The summed E-state index contributed by atoms with van der Waals surface area (Å²) in [6, 6.07) is 1.61. The summed E-state index contributed by atoms with van der Waals surface area (Å²) < 4.78 is 0. The van der Waals surface area contributed by atoms with Crippen molar-refractivity contribution in [1.29, 1.82) is 0 Å². The second-order valence-electron chi connectivity index (χ2n) is 2.97. The molecule has 0 aromatic carbocycles. The monoisotopic (exact) mass is 214 g/mol. The first kappa shape index (κ1) is 11.3. The van der Waals surface area contributed by atoms with Crippen LogP contribution in [0.3, 0.4) is 0 Å². The van der Waals surface area contributed by atoms with Gasteiger partial charge in [-0.3, -0.25) is 0 Å². The molecule has 0 aliphatic carbocycles. The minimum absolute atomic E-state index is 0.338. The summed E-state index contributed by atoms with van der Waals surface area (Å²) in [7, 11) is 0.347. The molecule has 0 saturated carbocycles. The highest BCUT2D eigenvalue weighted by molar-refractivity contribution is 6.58. The summed E-state index contributed by atoms with van der Waals surface area (Å²) >= 11 is 5.86. The first-order valence-electron chi connectivity index (χ1n) is 4.29. The van der Waals surface area contributed by atoms with Crippen molar-refractivity contribution in [1.82, 2.24) is 4.98 Å². The topological polar surface area (TPSA) is 56.6 Å². The Bertz CT molecular complexity index is 322. The summed E-state index contributed by atoms with van der Waals surface area (Å²) in [5.41, 5.74) is 1.03. The van der Waals surface area contributed by atoms with Gasteiger partial charge in [0.15, 0.2) is 5.15 Å². The smallest absolute Gasteiger partial charge is 0.423 e. The largest absolute Gasteiger partial charge is 0.490 e. The van der Waals surface area contributed by atoms with E-state index in [4.69, 9.17) is 21.6 Å². The van der Waals surface area contributed by atoms with Crippen molar-refractivity contribution in [2.75, 3.05) is 18.5 Å². The predicted octanol–water partition coefficient (Wildman–Crippen LogP) is -0.129. The minimum atomic E-state index is -1.51. The van der Waals surface area contributed by atoms with Gasteiger partial charge in [0.2, 0.25) is 0 Å². The molecule has 2 N–H and O–H groups in total. The number of rotatable bonds is 3. The molecule has 0 radical (unpaired) electrons. The van der Waals surface area contributed by atoms with E-state index >= 15 is 0 Å². The van der Waals surface area contributed by atoms with E-state index in [0.717, 1.165) is 6.54 Å². The van der Waals surface area contributed by atoms with Crippen LogP contribution in [0, 0.1) is 0 Å². The second kappa shape index (κ2) is 4.64. The Balaban J connectivity index is 3.08. The Labute approximate surface area is 88.3 Å². The maximum absolute atomic E-state index is 8.95. The van der Waals surface area contributed by atoms with Gasteiger partial charge < -0.3 is 14.9 Å². The van der Waals surface area contributed by atoms with Crippen molar-refractivity contribution in [3.63, 3.8) is 0 Å². The molecule has 0 unspecified atom stereocenters. The van der Waals surface area contributed by atoms with E-state index in [2.05, 4.69) is 4.98 Å². The lowest BCUT2D eigenvalue weighted by Crippen LogP contribution is -2.31. The third kappa shape index (κ3) is 2.38. The first-order valence-corrected chi connectivity index (χ1v) is 4.66. The van der Waals surface area contributed by atoms with Gasteiger partial charge in [-0.05, 0) is 13.0 Å². The molecule has 76 valence electrons. The molecule has 1 rings (SSSR count). The van der Waals surface area contributed by atoms with Crippen molar-refractivity contribution in [2.24, 2.45) is 0 Å². The van der Waals surface area contributed by atoms with Crippen LogP contribution >= 0.6 is 11.6 Å². The lowest BCUT2D eigenvalue weighted by molar-refractivity contribution is 0.425. The lowest BCUT2D eigenvalue weighted by Gasteiger charge is -2.18. The van der Waals surface area contributed by atoms with Crippen LogP contribution in [0.25, 0.3) is 0 Å². The van der Waals surface area contributed by atoms with Crippen LogP contribution in [0.4, 0.5) is 5.69 Å². The molecule has 0 amide bonds. The van der Waals surface area contributed by atoms with Gasteiger partial charge in [0.05, 0.1) is 5.69 Å². The normalized spacial score (nSPS) is 10.1. The molecule has 1 aromatic rings. The fourth-order valence-electron chi connectivity index (χ4n) is 1.03. The highest BCUT2D eigenvalue weighted by atomic mass is 35.5. The molecule has 14 heavy (non-hydrogen) atoms. The van der Waals surface area contributed by atoms with E-state index < -0.39 is 7.12 Å². The average molecular weight is 214 g/mol. The molecular formula is C8H12BClN2O2. The molecule has 0 spiro atoms. The number of anilines is 1. The van der Waals surface area contributed by atoms with E-state index in [1.54, 1.807) is 6.07 Å². The van der Waals surface area contributed by atoms with Crippen LogP contribution in [-0.2, 0) is 0 Å². The molecule has 1 heterocycles. The molecule has 0 aliphatic heterocycles.